The van der Waals surface area contributed by atoms with Crippen LogP contribution in [0.1, 0.15) is 40.7 Å². The zero-order valence-corrected chi connectivity index (χ0v) is 16.6. The maximum absolute atomic E-state index is 12.8. The van der Waals surface area contributed by atoms with E-state index in [1.165, 1.54) is 0 Å². The van der Waals surface area contributed by atoms with Crippen LogP contribution in [0.25, 0.3) is 0 Å². The molecule has 3 rings (SSSR count). The highest BCUT2D eigenvalue weighted by molar-refractivity contribution is 6.32. The van der Waals surface area contributed by atoms with Gasteiger partial charge in [-0.1, -0.05) is 35.9 Å². The van der Waals surface area contributed by atoms with Crippen molar-refractivity contribution in [3.63, 3.8) is 0 Å². The molecule has 1 heterocycles. The maximum atomic E-state index is 12.8. The average Bonchev–Trinajstić information content (AvgIpc) is 2.85. The van der Waals surface area contributed by atoms with Crippen LogP contribution in [0.4, 0.5) is 0 Å². The lowest BCUT2D eigenvalue weighted by Crippen LogP contribution is -2.38. The van der Waals surface area contributed by atoms with Crippen LogP contribution in [0.5, 0.6) is 5.75 Å². The van der Waals surface area contributed by atoms with Crippen molar-refractivity contribution < 1.29 is 14.6 Å². The fraction of sp³-hybridized carbons (Fsp3) is 0.409. The van der Waals surface area contributed by atoms with Gasteiger partial charge in [0.15, 0.2) is 0 Å². The Bertz CT molecular complexity index is 823. The first-order chi connectivity index (χ1) is 12.9. The summed E-state index contributed by atoms with van der Waals surface area (Å²) in [5.41, 5.74) is 1.79. The van der Waals surface area contributed by atoms with Crippen molar-refractivity contribution in [2.24, 2.45) is 0 Å². The molecule has 0 saturated carbocycles. The Balaban J connectivity index is 1.64. The molecule has 0 aliphatic carbocycles. The Morgan fingerprint density at radius 1 is 1.19 bits per heavy atom. The van der Waals surface area contributed by atoms with E-state index in [1.807, 2.05) is 55.1 Å². The molecule has 5 heteroatoms. The van der Waals surface area contributed by atoms with Gasteiger partial charge in [0, 0.05) is 18.7 Å². The fourth-order valence-electron chi connectivity index (χ4n) is 3.44. The largest absolute Gasteiger partial charge is 0.489 e. The molecule has 0 bridgehead atoms. The number of amides is 1. The number of carbonyl (C=O) groups is 1. The summed E-state index contributed by atoms with van der Waals surface area (Å²) in [4.78, 5) is 14.7. The highest BCUT2D eigenvalue weighted by Crippen LogP contribution is 2.29. The third kappa shape index (κ3) is 4.82. The highest BCUT2D eigenvalue weighted by Gasteiger charge is 2.33. The Kier molecular flexibility index (Phi) is 6.08. The first-order valence-corrected chi connectivity index (χ1v) is 9.72. The number of aryl methyl sites for hydroxylation is 2. The van der Waals surface area contributed by atoms with Crippen LogP contribution in [0.3, 0.4) is 0 Å². The minimum absolute atomic E-state index is 0.0278. The number of aliphatic hydroxyl groups is 1. The van der Waals surface area contributed by atoms with E-state index in [2.05, 4.69) is 0 Å². The van der Waals surface area contributed by atoms with E-state index in [0.29, 0.717) is 36.7 Å². The molecular formula is C22H26ClNO3. The van der Waals surface area contributed by atoms with Gasteiger partial charge in [0.25, 0.3) is 5.91 Å². The second-order valence-corrected chi connectivity index (χ2v) is 7.81. The van der Waals surface area contributed by atoms with Gasteiger partial charge in [0.2, 0.25) is 0 Å². The molecule has 2 aromatic rings. The lowest BCUT2D eigenvalue weighted by molar-refractivity contribution is -0.0163. The molecule has 1 N–H and O–H groups in total. The van der Waals surface area contributed by atoms with Crippen LogP contribution in [-0.4, -0.2) is 41.2 Å². The van der Waals surface area contributed by atoms with E-state index in [1.54, 1.807) is 6.07 Å². The van der Waals surface area contributed by atoms with Gasteiger partial charge in [-0.15, -0.1) is 0 Å². The molecule has 1 fully saturated rings. The molecule has 1 aliphatic heterocycles. The Hall–Kier alpha value is -2.04. The van der Waals surface area contributed by atoms with Crippen molar-refractivity contribution in [2.45, 2.75) is 38.7 Å². The minimum Gasteiger partial charge on any atom is -0.489 e. The summed E-state index contributed by atoms with van der Waals surface area (Å²) < 4.78 is 5.83. The predicted molar refractivity (Wildman–Crippen MR) is 108 cm³/mol. The number of ether oxygens (including phenoxy) is 1. The number of hydrogen-bond donors (Lipinski definition) is 1. The molecule has 1 aliphatic rings. The topological polar surface area (TPSA) is 49.8 Å². The predicted octanol–water partition coefficient (Wildman–Crippen LogP) is 4.39. The van der Waals surface area contributed by atoms with E-state index in [9.17, 15) is 9.90 Å². The minimum atomic E-state index is -0.964. The summed E-state index contributed by atoms with van der Waals surface area (Å²) >= 11 is 6.18. The molecule has 27 heavy (non-hydrogen) atoms. The molecule has 1 amide bonds. The van der Waals surface area contributed by atoms with Crippen LogP contribution in [0.15, 0.2) is 42.5 Å². The van der Waals surface area contributed by atoms with Gasteiger partial charge in [-0.2, -0.15) is 0 Å². The van der Waals surface area contributed by atoms with Crippen molar-refractivity contribution in [3.8, 4) is 5.75 Å². The number of halogens is 1. The third-order valence-electron chi connectivity index (χ3n) is 5.16. The number of rotatable bonds is 4. The van der Waals surface area contributed by atoms with Crippen molar-refractivity contribution in [2.75, 3.05) is 19.7 Å². The van der Waals surface area contributed by atoms with Crippen molar-refractivity contribution in [1.82, 2.24) is 4.90 Å². The molecule has 0 radical (unpaired) electrons. The second-order valence-electron chi connectivity index (χ2n) is 7.41. The first kappa shape index (κ1) is 19.7. The van der Waals surface area contributed by atoms with E-state index in [-0.39, 0.29) is 12.5 Å². The zero-order valence-electron chi connectivity index (χ0n) is 15.9. The van der Waals surface area contributed by atoms with Gasteiger partial charge in [-0.25, -0.2) is 0 Å². The van der Waals surface area contributed by atoms with E-state index < -0.39 is 5.60 Å². The lowest BCUT2D eigenvalue weighted by Gasteiger charge is -2.27. The first-order valence-electron chi connectivity index (χ1n) is 9.34. The SMILES string of the molecule is Cc1ccc(Cl)c(OCC2(O)CCCN(C(=O)c3ccccc3C)CC2)c1. The molecule has 4 nitrogen and oxygen atoms in total. The number of hydrogen-bond acceptors (Lipinski definition) is 3. The molecule has 1 saturated heterocycles. The quantitative estimate of drug-likeness (QED) is 0.846. The van der Waals surface area contributed by atoms with Gasteiger partial charge < -0.3 is 14.7 Å². The van der Waals surface area contributed by atoms with Crippen molar-refractivity contribution in [3.05, 3.63) is 64.2 Å². The van der Waals surface area contributed by atoms with Crippen LogP contribution < -0.4 is 4.74 Å². The number of likely N-dealkylation sites (tertiary alicyclic amines) is 1. The van der Waals surface area contributed by atoms with Gasteiger partial charge in [-0.05, 0) is 62.4 Å². The van der Waals surface area contributed by atoms with Gasteiger partial charge >= 0.3 is 0 Å². The second kappa shape index (κ2) is 8.32. The summed E-state index contributed by atoms with van der Waals surface area (Å²) in [6, 6.07) is 13.2. The van der Waals surface area contributed by atoms with Gasteiger partial charge in [0.1, 0.15) is 18.0 Å². The van der Waals surface area contributed by atoms with Gasteiger partial charge in [-0.3, -0.25) is 4.79 Å². The fourth-order valence-corrected chi connectivity index (χ4v) is 3.61. The highest BCUT2D eigenvalue weighted by atomic mass is 35.5. The molecule has 0 aromatic heterocycles. The molecule has 144 valence electrons. The Labute approximate surface area is 165 Å². The normalized spacial score (nSPS) is 20.2. The molecule has 0 spiro atoms. The maximum Gasteiger partial charge on any atom is 0.254 e. The number of nitrogens with zero attached hydrogens (tertiary/aromatic N) is 1. The standard InChI is InChI=1S/C22H26ClNO3/c1-16-8-9-19(23)20(14-16)27-15-22(26)10-5-12-24(13-11-22)21(25)18-7-4-3-6-17(18)2/h3-4,6-9,14,26H,5,10-13,15H2,1-2H3. The van der Waals surface area contributed by atoms with Crippen LogP contribution >= 0.6 is 11.6 Å². The lowest BCUT2D eigenvalue weighted by atomic mass is 9.96. The number of carbonyl (C=O) groups excluding carboxylic acids is 1. The van der Waals surface area contributed by atoms with Crippen LogP contribution in [0, 0.1) is 13.8 Å². The number of benzene rings is 2. The monoisotopic (exact) mass is 387 g/mol. The van der Waals surface area contributed by atoms with E-state index >= 15 is 0 Å². The van der Waals surface area contributed by atoms with E-state index in [4.69, 9.17) is 16.3 Å². The average molecular weight is 388 g/mol. The smallest absolute Gasteiger partial charge is 0.254 e. The summed E-state index contributed by atoms with van der Waals surface area (Å²) in [5, 5.41) is 11.5. The Morgan fingerprint density at radius 2 is 1.96 bits per heavy atom. The molecule has 1 atom stereocenters. The van der Waals surface area contributed by atoms with Gasteiger partial charge in [0.05, 0.1) is 5.02 Å². The Morgan fingerprint density at radius 3 is 2.74 bits per heavy atom. The molecular weight excluding hydrogens is 362 g/mol. The van der Waals surface area contributed by atoms with Crippen molar-refractivity contribution >= 4 is 17.5 Å². The molecule has 1 unspecified atom stereocenters. The molecule has 2 aromatic carbocycles. The summed E-state index contributed by atoms with van der Waals surface area (Å²) in [7, 11) is 0. The zero-order chi connectivity index (χ0) is 19.4. The summed E-state index contributed by atoms with van der Waals surface area (Å²) in [5.74, 6) is 0.613. The van der Waals surface area contributed by atoms with Crippen LogP contribution in [0.2, 0.25) is 5.02 Å². The van der Waals surface area contributed by atoms with E-state index in [0.717, 1.165) is 23.1 Å². The summed E-state index contributed by atoms with van der Waals surface area (Å²) in [6.07, 6.45) is 1.81. The van der Waals surface area contributed by atoms with Crippen LogP contribution in [-0.2, 0) is 0 Å². The van der Waals surface area contributed by atoms with Crippen molar-refractivity contribution in [1.29, 1.82) is 0 Å². The third-order valence-corrected chi connectivity index (χ3v) is 5.48. The summed E-state index contributed by atoms with van der Waals surface area (Å²) in [6.45, 7) is 5.23.